The van der Waals surface area contributed by atoms with Crippen LogP contribution in [0.3, 0.4) is 0 Å². The van der Waals surface area contributed by atoms with Crippen molar-refractivity contribution in [3.63, 3.8) is 0 Å². The van der Waals surface area contributed by atoms with Crippen molar-refractivity contribution in [2.24, 2.45) is 0 Å². The van der Waals surface area contributed by atoms with Gasteiger partial charge in [0.2, 0.25) is 5.91 Å². The average Bonchev–Trinajstić information content (AvgIpc) is 2.68. The molecule has 3 nitrogen and oxygen atoms in total. The number of carbonyl (C=O) groups excluding carboxylic acids is 1. The van der Waals surface area contributed by atoms with Gasteiger partial charge in [-0.15, -0.1) is 11.6 Å². The summed E-state index contributed by atoms with van der Waals surface area (Å²) in [5.74, 6) is 0.610. The predicted octanol–water partition coefficient (Wildman–Crippen LogP) is 1.64. The van der Waals surface area contributed by atoms with Gasteiger partial charge in [0.25, 0.3) is 0 Å². The number of alkyl halides is 1. The Morgan fingerprint density at radius 2 is 2.43 bits per heavy atom. The first-order valence-corrected chi connectivity index (χ1v) is 5.61. The Bertz CT molecular complexity index is 193. The standard InChI is InChI=1S/C10H18ClNO2/c1-8(7-11)12(2)10(13)6-9-4-3-5-14-9/h8-9H,3-7H2,1-2H3. The predicted molar refractivity (Wildman–Crippen MR) is 56.5 cm³/mol. The van der Waals surface area contributed by atoms with Crippen molar-refractivity contribution in [2.75, 3.05) is 19.5 Å². The molecule has 0 aromatic heterocycles. The van der Waals surface area contributed by atoms with Gasteiger partial charge in [0.1, 0.15) is 0 Å². The molecule has 0 aliphatic carbocycles. The summed E-state index contributed by atoms with van der Waals surface area (Å²) < 4.78 is 5.41. The molecule has 1 aliphatic heterocycles. The van der Waals surface area contributed by atoms with Crippen LogP contribution in [0.2, 0.25) is 0 Å². The summed E-state index contributed by atoms with van der Waals surface area (Å²) in [5.41, 5.74) is 0. The fourth-order valence-corrected chi connectivity index (χ4v) is 1.70. The second kappa shape index (κ2) is 5.56. The highest BCUT2D eigenvalue weighted by molar-refractivity contribution is 6.18. The van der Waals surface area contributed by atoms with Gasteiger partial charge in [-0.05, 0) is 19.8 Å². The molecule has 0 radical (unpaired) electrons. The van der Waals surface area contributed by atoms with E-state index in [9.17, 15) is 4.79 Å². The molecule has 1 saturated heterocycles. The third kappa shape index (κ3) is 3.14. The molecule has 2 atom stereocenters. The van der Waals surface area contributed by atoms with E-state index < -0.39 is 0 Å². The van der Waals surface area contributed by atoms with Crippen molar-refractivity contribution in [1.82, 2.24) is 4.90 Å². The Labute approximate surface area is 90.4 Å². The van der Waals surface area contributed by atoms with E-state index in [1.165, 1.54) is 0 Å². The third-order valence-electron chi connectivity index (χ3n) is 2.70. The molecule has 1 fully saturated rings. The van der Waals surface area contributed by atoms with E-state index in [-0.39, 0.29) is 18.1 Å². The zero-order valence-corrected chi connectivity index (χ0v) is 9.59. The Hall–Kier alpha value is -0.280. The summed E-state index contributed by atoms with van der Waals surface area (Å²) in [6, 6.07) is 0.102. The maximum absolute atomic E-state index is 11.7. The molecule has 1 aliphatic rings. The zero-order chi connectivity index (χ0) is 10.6. The van der Waals surface area contributed by atoms with Gasteiger partial charge in [-0.25, -0.2) is 0 Å². The fraction of sp³-hybridized carbons (Fsp3) is 0.900. The van der Waals surface area contributed by atoms with Crippen LogP contribution in [-0.4, -0.2) is 42.5 Å². The molecule has 1 rings (SSSR count). The van der Waals surface area contributed by atoms with Crippen LogP contribution >= 0.6 is 11.6 Å². The Balaban J connectivity index is 2.32. The van der Waals surface area contributed by atoms with Crippen molar-refractivity contribution in [3.05, 3.63) is 0 Å². The van der Waals surface area contributed by atoms with Crippen LogP contribution in [0.4, 0.5) is 0 Å². The topological polar surface area (TPSA) is 29.5 Å². The molecule has 1 heterocycles. The van der Waals surface area contributed by atoms with E-state index in [0.717, 1.165) is 19.4 Å². The monoisotopic (exact) mass is 219 g/mol. The van der Waals surface area contributed by atoms with Crippen LogP contribution in [0, 0.1) is 0 Å². The number of hydrogen-bond acceptors (Lipinski definition) is 2. The van der Waals surface area contributed by atoms with Crippen LogP contribution in [0.5, 0.6) is 0 Å². The molecule has 0 saturated carbocycles. The normalized spacial score (nSPS) is 23.5. The second-order valence-electron chi connectivity index (χ2n) is 3.85. The van der Waals surface area contributed by atoms with Gasteiger partial charge in [-0.3, -0.25) is 4.79 Å². The minimum atomic E-state index is 0.102. The highest BCUT2D eigenvalue weighted by Crippen LogP contribution is 2.16. The van der Waals surface area contributed by atoms with Gasteiger partial charge in [-0.2, -0.15) is 0 Å². The van der Waals surface area contributed by atoms with E-state index in [2.05, 4.69) is 0 Å². The molecule has 0 N–H and O–H groups in total. The lowest BCUT2D eigenvalue weighted by Crippen LogP contribution is -2.37. The van der Waals surface area contributed by atoms with Crippen LogP contribution < -0.4 is 0 Å². The van der Waals surface area contributed by atoms with Crippen LogP contribution in [-0.2, 0) is 9.53 Å². The van der Waals surface area contributed by atoms with Crippen molar-refractivity contribution in [3.8, 4) is 0 Å². The maximum Gasteiger partial charge on any atom is 0.225 e. The summed E-state index contributed by atoms with van der Waals surface area (Å²) in [4.78, 5) is 13.4. The molecule has 0 spiro atoms. The Morgan fingerprint density at radius 1 is 1.71 bits per heavy atom. The minimum absolute atomic E-state index is 0.102. The number of ether oxygens (including phenoxy) is 1. The lowest BCUT2D eigenvalue weighted by atomic mass is 10.1. The highest BCUT2D eigenvalue weighted by Gasteiger charge is 2.22. The van der Waals surface area contributed by atoms with E-state index in [1.54, 1.807) is 11.9 Å². The van der Waals surface area contributed by atoms with E-state index >= 15 is 0 Å². The first kappa shape index (κ1) is 11.8. The van der Waals surface area contributed by atoms with E-state index in [4.69, 9.17) is 16.3 Å². The van der Waals surface area contributed by atoms with E-state index in [0.29, 0.717) is 12.3 Å². The largest absolute Gasteiger partial charge is 0.378 e. The second-order valence-corrected chi connectivity index (χ2v) is 4.16. The Kier molecular flexibility index (Phi) is 4.69. The van der Waals surface area contributed by atoms with Gasteiger partial charge in [0.15, 0.2) is 0 Å². The minimum Gasteiger partial charge on any atom is -0.378 e. The third-order valence-corrected chi connectivity index (χ3v) is 3.15. The Morgan fingerprint density at radius 3 is 2.93 bits per heavy atom. The van der Waals surface area contributed by atoms with Crippen LogP contribution in [0.25, 0.3) is 0 Å². The maximum atomic E-state index is 11.7. The number of carbonyl (C=O) groups is 1. The summed E-state index contributed by atoms with van der Waals surface area (Å²) in [6.45, 7) is 2.74. The number of rotatable bonds is 4. The van der Waals surface area contributed by atoms with Crippen molar-refractivity contribution < 1.29 is 9.53 Å². The first-order valence-electron chi connectivity index (χ1n) is 5.08. The SMILES string of the molecule is CC(CCl)N(C)C(=O)CC1CCCO1. The summed E-state index contributed by atoms with van der Waals surface area (Å²) in [6.07, 6.45) is 2.71. The van der Waals surface area contributed by atoms with Crippen molar-refractivity contribution in [1.29, 1.82) is 0 Å². The molecule has 2 unspecified atom stereocenters. The van der Waals surface area contributed by atoms with Gasteiger partial charge in [0, 0.05) is 25.6 Å². The van der Waals surface area contributed by atoms with Crippen LogP contribution in [0.1, 0.15) is 26.2 Å². The van der Waals surface area contributed by atoms with Gasteiger partial charge < -0.3 is 9.64 Å². The number of hydrogen-bond donors (Lipinski definition) is 0. The molecule has 14 heavy (non-hydrogen) atoms. The molecule has 0 aromatic rings. The fourth-order valence-electron chi connectivity index (χ4n) is 1.49. The number of halogens is 1. The molecule has 82 valence electrons. The average molecular weight is 220 g/mol. The highest BCUT2D eigenvalue weighted by atomic mass is 35.5. The van der Waals surface area contributed by atoms with Crippen molar-refractivity contribution in [2.45, 2.75) is 38.3 Å². The lowest BCUT2D eigenvalue weighted by Gasteiger charge is -2.24. The van der Waals surface area contributed by atoms with Crippen LogP contribution in [0.15, 0.2) is 0 Å². The molecular weight excluding hydrogens is 202 g/mol. The van der Waals surface area contributed by atoms with E-state index in [1.807, 2.05) is 6.92 Å². The summed E-state index contributed by atoms with van der Waals surface area (Å²) in [5, 5.41) is 0. The smallest absolute Gasteiger partial charge is 0.225 e. The summed E-state index contributed by atoms with van der Waals surface area (Å²) >= 11 is 5.68. The quantitative estimate of drug-likeness (QED) is 0.673. The summed E-state index contributed by atoms with van der Waals surface area (Å²) in [7, 11) is 1.80. The molecule has 4 heteroatoms. The molecule has 1 amide bonds. The zero-order valence-electron chi connectivity index (χ0n) is 8.83. The van der Waals surface area contributed by atoms with Gasteiger partial charge in [-0.1, -0.05) is 0 Å². The van der Waals surface area contributed by atoms with Crippen molar-refractivity contribution >= 4 is 17.5 Å². The molecule has 0 aromatic carbocycles. The first-order chi connectivity index (χ1) is 6.65. The van der Waals surface area contributed by atoms with Gasteiger partial charge >= 0.3 is 0 Å². The molecule has 0 bridgehead atoms. The lowest BCUT2D eigenvalue weighted by molar-refractivity contribution is -0.133. The van der Waals surface area contributed by atoms with Gasteiger partial charge in [0.05, 0.1) is 12.5 Å². The number of amides is 1. The number of nitrogens with zero attached hydrogens (tertiary/aromatic N) is 1. The molecular formula is C10H18ClNO2.